The van der Waals surface area contributed by atoms with E-state index in [1.807, 2.05) is 54.2 Å². The average Bonchev–Trinajstić information content (AvgIpc) is 3.08. The largest absolute Gasteiger partial charge is 0.322 e. The summed E-state index contributed by atoms with van der Waals surface area (Å²) in [5, 5.41) is 5.55. The maximum absolute atomic E-state index is 13.3. The number of nitrogens with zero attached hydrogens (tertiary/aromatic N) is 4. The van der Waals surface area contributed by atoms with Gasteiger partial charge in [-0.25, -0.2) is 9.07 Å². The lowest BCUT2D eigenvalue weighted by Gasteiger charge is -2.16. The van der Waals surface area contributed by atoms with Crippen LogP contribution in [0, 0.1) is 12.7 Å². The van der Waals surface area contributed by atoms with Crippen LogP contribution >= 0.6 is 12.4 Å². The molecule has 0 aliphatic carbocycles. The SMILES string of the molecule is Cc1cc(F)cnc1CC(N)c1ncccc1-n1ncc2ccccc21.Cl. The minimum atomic E-state index is -0.383. The normalized spacial score (nSPS) is 12.0. The van der Waals surface area contributed by atoms with Gasteiger partial charge in [-0.3, -0.25) is 9.97 Å². The molecule has 2 N–H and O–H groups in total. The summed E-state index contributed by atoms with van der Waals surface area (Å²) in [6, 6.07) is 12.9. The van der Waals surface area contributed by atoms with Crippen molar-refractivity contribution in [3.05, 3.63) is 83.8 Å². The third-order valence-electron chi connectivity index (χ3n) is 4.44. The number of pyridine rings is 2. The second-order valence-electron chi connectivity index (χ2n) is 6.25. The first-order chi connectivity index (χ1) is 12.6. The predicted octanol–water partition coefficient (Wildman–Crippen LogP) is 3.93. The summed E-state index contributed by atoms with van der Waals surface area (Å²) in [6.45, 7) is 1.83. The van der Waals surface area contributed by atoms with E-state index in [0.29, 0.717) is 6.42 Å². The Balaban J connectivity index is 0.00000210. The van der Waals surface area contributed by atoms with Crippen molar-refractivity contribution in [1.82, 2.24) is 19.7 Å². The van der Waals surface area contributed by atoms with Crippen molar-refractivity contribution in [1.29, 1.82) is 0 Å². The Hall–Kier alpha value is -2.83. The van der Waals surface area contributed by atoms with Gasteiger partial charge in [0.2, 0.25) is 0 Å². The van der Waals surface area contributed by atoms with Gasteiger partial charge < -0.3 is 5.73 Å². The maximum Gasteiger partial charge on any atom is 0.141 e. The molecule has 0 bridgehead atoms. The summed E-state index contributed by atoms with van der Waals surface area (Å²) in [5.41, 5.74) is 10.5. The lowest BCUT2D eigenvalue weighted by molar-refractivity contribution is 0.611. The van der Waals surface area contributed by atoms with Gasteiger partial charge in [0, 0.05) is 23.7 Å². The van der Waals surface area contributed by atoms with E-state index in [1.54, 1.807) is 6.20 Å². The number of halogens is 2. The van der Waals surface area contributed by atoms with Crippen molar-refractivity contribution >= 4 is 23.3 Å². The number of nitrogens with two attached hydrogens (primary N) is 1. The van der Waals surface area contributed by atoms with Crippen molar-refractivity contribution in [3.63, 3.8) is 0 Å². The minimum absolute atomic E-state index is 0. The molecule has 4 aromatic rings. The molecule has 1 unspecified atom stereocenters. The Bertz CT molecular complexity index is 1080. The number of hydrogen-bond donors (Lipinski definition) is 1. The molecular weight excluding hydrogens is 365 g/mol. The first kappa shape index (κ1) is 18.9. The topological polar surface area (TPSA) is 69.6 Å². The first-order valence-corrected chi connectivity index (χ1v) is 8.38. The minimum Gasteiger partial charge on any atom is -0.322 e. The molecule has 0 amide bonds. The summed E-state index contributed by atoms with van der Waals surface area (Å²) in [6.07, 6.45) is 5.23. The number of fused-ring (bicyclic) bond motifs is 1. The van der Waals surface area contributed by atoms with Crippen molar-refractivity contribution in [2.75, 3.05) is 0 Å². The van der Waals surface area contributed by atoms with Crippen LogP contribution in [0.25, 0.3) is 16.6 Å². The first-order valence-electron chi connectivity index (χ1n) is 8.38. The number of rotatable bonds is 4. The van der Waals surface area contributed by atoms with Gasteiger partial charge in [0.15, 0.2) is 0 Å². The number of aromatic nitrogens is 4. The van der Waals surface area contributed by atoms with Gasteiger partial charge in [0.05, 0.1) is 35.3 Å². The van der Waals surface area contributed by atoms with E-state index >= 15 is 0 Å². The van der Waals surface area contributed by atoms with Gasteiger partial charge in [-0.05, 0) is 36.8 Å². The predicted molar refractivity (Wildman–Crippen MR) is 106 cm³/mol. The molecule has 1 atom stereocenters. The summed E-state index contributed by atoms with van der Waals surface area (Å²) in [7, 11) is 0. The van der Waals surface area contributed by atoms with Crippen LogP contribution in [0.4, 0.5) is 4.39 Å². The van der Waals surface area contributed by atoms with E-state index in [9.17, 15) is 4.39 Å². The Morgan fingerprint density at radius 3 is 2.74 bits per heavy atom. The van der Waals surface area contributed by atoms with Crippen LogP contribution in [0.1, 0.15) is 23.0 Å². The maximum atomic E-state index is 13.3. The molecule has 0 aliphatic heterocycles. The lowest BCUT2D eigenvalue weighted by Crippen LogP contribution is -2.19. The molecule has 1 aromatic carbocycles. The van der Waals surface area contributed by atoms with Gasteiger partial charge in [-0.1, -0.05) is 18.2 Å². The second kappa shape index (κ2) is 7.82. The number of benzene rings is 1. The van der Waals surface area contributed by atoms with E-state index in [0.717, 1.165) is 33.5 Å². The van der Waals surface area contributed by atoms with E-state index in [1.165, 1.54) is 12.3 Å². The number of para-hydroxylation sites is 1. The van der Waals surface area contributed by atoms with Crippen molar-refractivity contribution < 1.29 is 4.39 Å². The van der Waals surface area contributed by atoms with Crippen molar-refractivity contribution in [2.45, 2.75) is 19.4 Å². The van der Waals surface area contributed by atoms with Crippen LogP contribution in [-0.2, 0) is 6.42 Å². The molecule has 7 heteroatoms. The molecule has 27 heavy (non-hydrogen) atoms. The summed E-state index contributed by atoms with van der Waals surface area (Å²) >= 11 is 0. The molecule has 3 heterocycles. The van der Waals surface area contributed by atoms with E-state index in [-0.39, 0.29) is 24.3 Å². The fourth-order valence-corrected chi connectivity index (χ4v) is 3.12. The number of hydrogen-bond acceptors (Lipinski definition) is 4. The zero-order valence-corrected chi connectivity index (χ0v) is 15.5. The summed E-state index contributed by atoms with van der Waals surface area (Å²) in [4.78, 5) is 8.68. The van der Waals surface area contributed by atoms with Gasteiger partial charge in [-0.2, -0.15) is 5.10 Å². The highest BCUT2D eigenvalue weighted by atomic mass is 35.5. The Labute approximate surface area is 162 Å². The third-order valence-corrected chi connectivity index (χ3v) is 4.44. The molecule has 5 nitrogen and oxygen atoms in total. The zero-order valence-electron chi connectivity index (χ0n) is 14.7. The van der Waals surface area contributed by atoms with Gasteiger partial charge in [0.1, 0.15) is 5.82 Å². The van der Waals surface area contributed by atoms with E-state index in [2.05, 4.69) is 15.1 Å². The molecular formula is C20H19ClFN5. The molecule has 0 saturated heterocycles. The molecule has 138 valence electrons. The van der Waals surface area contributed by atoms with Crippen LogP contribution in [-0.4, -0.2) is 19.7 Å². The molecule has 0 spiro atoms. The van der Waals surface area contributed by atoms with Gasteiger partial charge in [0.25, 0.3) is 0 Å². The molecule has 3 aromatic heterocycles. The van der Waals surface area contributed by atoms with Crippen molar-refractivity contribution in [2.24, 2.45) is 5.73 Å². The Morgan fingerprint density at radius 2 is 1.93 bits per heavy atom. The molecule has 0 fully saturated rings. The standard InChI is InChI=1S/C20H18FN5.ClH/c1-13-9-15(21)12-24-17(13)10-16(22)20-19(7-4-8-23-20)26-18-6-3-2-5-14(18)11-25-26;/h2-9,11-12,16H,10,22H2,1H3;1H. The molecule has 0 saturated carbocycles. The summed E-state index contributed by atoms with van der Waals surface area (Å²) in [5.74, 6) is -0.346. The average molecular weight is 384 g/mol. The fraction of sp³-hybridized carbons (Fsp3) is 0.150. The Morgan fingerprint density at radius 1 is 1.11 bits per heavy atom. The third kappa shape index (κ3) is 3.67. The second-order valence-corrected chi connectivity index (χ2v) is 6.25. The van der Waals surface area contributed by atoms with E-state index < -0.39 is 0 Å². The van der Waals surface area contributed by atoms with Gasteiger partial charge in [-0.15, -0.1) is 12.4 Å². The van der Waals surface area contributed by atoms with Crippen LogP contribution in [0.3, 0.4) is 0 Å². The lowest BCUT2D eigenvalue weighted by atomic mass is 10.0. The highest BCUT2D eigenvalue weighted by molar-refractivity contribution is 5.85. The zero-order chi connectivity index (χ0) is 18.1. The highest BCUT2D eigenvalue weighted by Gasteiger charge is 2.18. The van der Waals surface area contributed by atoms with Crippen LogP contribution < -0.4 is 5.73 Å². The smallest absolute Gasteiger partial charge is 0.141 e. The summed E-state index contributed by atoms with van der Waals surface area (Å²) < 4.78 is 15.1. The van der Waals surface area contributed by atoms with Crippen molar-refractivity contribution in [3.8, 4) is 5.69 Å². The van der Waals surface area contributed by atoms with Crippen LogP contribution in [0.2, 0.25) is 0 Å². The van der Waals surface area contributed by atoms with Crippen LogP contribution in [0.15, 0.2) is 61.1 Å². The molecule has 4 rings (SSSR count). The molecule has 0 radical (unpaired) electrons. The van der Waals surface area contributed by atoms with Gasteiger partial charge >= 0.3 is 0 Å². The quantitative estimate of drug-likeness (QED) is 0.579. The molecule has 0 aliphatic rings. The van der Waals surface area contributed by atoms with Crippen LogP contribution in [0.5, 0.6) is 0 Å². The monoisotopic (exact) mass is 383 g/mol. The highest BCUT2D eigenvalue weighted by Crippen LogP contribution is 2.24. The Kier molecular flexibility index (Phi) is 5.48. The number of aryl methyl sites for hydroxylation is 1. The fourth-order valence-electron chi connectivity index (χ4n) is 3.12. The van der Waals surface area contributed by atoms with E-state index in [4.69, 9.17) is 5.73 Å².